The van der Waals surface area contributed by atoms with Gasteiger partial charge in [-0.25, -0.2) is 4.68 Å². The lowest BCUT2D eigenvalue weighted by molar-refractivity contribution is 0.0998. The number of rotatable bonds is 4. The molecule has 8 heteroatoms. The van der Waals surface area contributed by atoms with E-state index in [4.69, 9.17) is 17.3 Å². The topological polar surface area (TPSA) is 90.0 Å². The summed E-state index contributed by atoms with van der Waals surface area (Å²) >= 11 is 7.67. The van der Waals surface area contributed by atoms with Gasteiger partial charge in [0.25, 0.3) is 5.91 Å². The van der Waals surface area contributed by atoms with Crippen molar-refractivity contribution < 1.29 is 9.59 Å². The number of aromatic nitrogens is 2. The summed E-state index contributed by atoms with van der Waals surface area (Å²) in [5, 5.41) is 8.96. The van der Waals surface area contributed by atoms with Crippen molar-refractivity contribution in [1.29, 1.82) is 0 Å². The van der Waals surface area contributed by atoms with Gasteiger partial charge in [0, 0.05) is 16.6 Å². The highest BCUT2D eigenvalue weighted by atomic mass is 35.5. The van der Waals surface area contributed by atoms with Gasteiger partial charge in [-0.1, -0.05) is 23.7 Å². The SMILES string of the molecule is Cc1cc(C(N)=O)ccc1NC(=O)c1cc2c(C)nn(-c3ccccc3Cl)c2s1. The largest absolute Gasteiger partial charge is 0.366 e. The molecule has 0 aliphatic rings. The summed E-state index contributed by atoms with van der Waals surface area (Å²) in [4.78, 5) is 25.5. The first kappa shape index (κ1) is 19.2. The number of hydrogen-bond acceptors (Lipinski definition) is 4. The van der Waals surface area contributed by atoms with Crippen LogP contribution in [-0.2, 0) is 0 Å². The zero-order valence-corrected chi connectivity index (χ0v) is 17.3. The maximum Gasteiger partial charge on any atom is 0.265 e. The molecule has 0 saturated carbocycles. The zero-order chi connectivity index (χ0) is 20.7. The summed E-state index contributed by atoms with van der Waals surface area (Å²) in [6, 6.07) is 14.2. The number of halogens is 1. The monoisotopic (exact) mass is 424 g/mol. The van der Waals surface area contributed by atoms with Crippen molar-refractivity contribution >= 4 is 50.7 Å². The first-order valence-electron chi connectivity index (χ1n) is 8.81. The molecule has 0 atom stereocenters. The molecule has 4 rings (SSSR count). The van der Waals surface area contributed by atoms with Crippen LogP contribution >= 0.6 is 22.9 Å². The zero-order valence-electron chi connectivity index (χ0n) is 15.7. The minimum atomic E-state index is -0.505. The summed E-state index contributed by atoms with van der Waals surface area (Å²) in [7, 11) is 0. The number of para-hydroxylation sites is 1. The number of benzene rings is 2. The highest BCUT2D eigenvalue weighted by Crippen LogP contribution is 2.33. The molecule has 0 aliphatic carbocycles. The van der Waals surface area contributed by atoms with Crippen molar-refractivity contribution in [2.45, 2.75) is 13.8 Å². The van der Waals surface area contributed by atoms with Crippen LogP contribution in [0, 0.1) is 13.8 Å². The lowest BCUT2D eigenvalue weighted by Crippen LogP contribution is -2.14. The third kappa shape index (κ3) is 3.50. The number of anilines is 1. The van der Waals surface area contributed by atoms with Crippen LogP contribution in [0.15, 0.2) is 48.5 Å². The van der Waals surface area contributed by atoms with E-state index in [0.717, 1.165) is 27.2 Å². The average molecular weight is 425 g/mol. The Kier molecular flexibility index (Phi) is 4.86. The number of nitrogens with zero attached hydrogens (tertiary/aromatic N) is 2. The van der Waals surface area contributed by atoms with Gasteiger partial charge in [0.2, 0.25) is 5.91 Å². The third-order valence-electron chi connectivity index (χ3n) is 4.61. The van der Waals surface area contributed by atoms with E-state index in [1.807, 2.05) is 38.1 Å². The molecule has 3 N–H and O–H groups in total. The average Bonchev–Trinajstić information content (AvgIpc) is 3.24. The molecule has 2 heterocycles. The molecule has 0 fully saturated rings. The predicted octanol–water partition coefficient (Wildman–Crippen LogP) is 4.71. The molecule has 6 nitrogen and oxygen atoms in total. The number of hydrogen-bond donors (Lipinski definition) is 2. The summed E-state index contributed by atoms with van der Waals surface area (Å²) in [5.41, 5.74) is 8.67. The number of aryl methyl sites for hydroxylation is 2. The van der Waals surface area contributed by atoms with Crippen LogP contribution in [0.4, 0.5) is 5.69 Å². The van der Waals surface area contributed by atoms with Crippen molar-refractivity contribution in [3.05, 3.63) is 75.3 Å². The van der Waals surface area contributed by atoms with Crippen LogP contribution in [0.5, 0.6) is 0 Å². The Balaban J connectivity index is 1.68. The number of thiophene rings is 1. The van der Waals surface area contributed by atoms with E-state index in [0.29, 0.717) is 21.2 Å². The fourth-order valence-electron chi connectivity index (χ4n) is 3.09. The Bertz CT molecular complexity index is 1280. The smallest absolute Gasteiger partial charge is 0.265 e. The number of nitrogens with one attached hydrogen (secondary N) is 1. The molecule has 0 spiro atoms. The predicted molar refractivity (Wildman–Crippen MR) is 116 cm³/mol. The van der Waals surface area contributed by atoms with E-state index in [9.17, 15) is 9.59 Å². The Morgan fingerprint density at radius 3 is 2.59 bits per heavy atom. The molecule has 4 aromatic rings. The van der Waals surface area contributed by atoms with Gasteiger partial charge in [0.15, 0.2) is 0 Å². The van der Waals surface area contributed by atoms with E-state index in [1.54, 1.807) is 28.9 Å². The number of amides is 2. The maximum absolute atomic E-state index is 12.8. The van der Waals surface area contributed by atoms with Crippen LogP contribution in [-0.4, -0.2) is 21.6 Å². The molecule has 2 aromatic carbocycles. The van der Waals surface area contributed by atoms with Crippen molar-refractivity contribution in [3.63, 3.8) is 0 Å². The van der Waals surface area contributed by atoms with E-state index in [-0.39, 0.29) is 5.91 Å². The Labute approximate surface area is 175 Å². The molecular weight excluding hydrogens is 408 g/mol. The number of carbonyl (C=O) groups excluding carboxylic acids is 2. The van der Waals surface area contributed by atoms with Crippen LogP contribution in [0.25, 0.3) is 15.9 Å². The molecule has 0 radical (unpaired) electrons. The van der Waals surface area contributed by atoms with E-state index in [2.05, 4.69) is 10.4 Å². The van der Waals surface area contributed by atoms with Gasteiger partial charge in [-0.3, -0.25) is 9.59 Å². The molecule has 29 heavy (non-hydrogen) atoms. The van der Waals surface area contributed by atoms with Gasteiger partial charge >= 0.3 is 0 Å². The molecule has 0 aliphatic heterocycles. The molecule has 2 amide bonds. The number of primary amides is 1. The van der Waals surface area contributed by atoms with E-state index in [1.165, 1.54) is 11.3 Å². The molecular formula is C21H17ClN4O2S. The van der Waals surface area contributed by atoms with Crippen molar-refractivity contribution in [1.82, 2.24) is 9.78 Å². The highest BCUT2D eigenvalue weighted by Gasteiger charge is 2.19. The van der Waals surface area contributed by atoms with Gasteiger partial charge in [0.05, 0.1) is 21.3 Å². The van der Waals surface area contributed by atoms with Gasteiger partial charge < -0.3 is 11.1 Å². The number of carbonyl (C=O) groups is 2. The lowest BCUT2D eigenvalue weighted by atomic mass is 10.1. The fourth-order valence-corrected chi connectivity index (χ4v) is 4.37. The molecule has 0 saturated heterocycles. The second kappa shape index (κ2) is 7.35. The highest BCUT2D eigenvalue weighted by molar-refractivity contribution is 7.20. The second-order valence-electron chi connectivity index (χ2n) is 6.63. The van der Waals surface area contributed by atoms with Crippen molar-refractivity contribution in [3.8, 4) is 5.69 Å². The van der Waals surface area contributed by atoms with Crippen LogP contribution in [0.1, 0.15) is 31.3 Å². The summed E-state index contributed by atoms with van der Waals surface area (Å²) in [6.45, 7) is 3.71. The Hall–Kier alpha value is -3.16. The normalized spacial score (nSPS) is 11.0. The minimum absolute atomic E-state index is 0.230. The molecule has 0 bridgehead atoms. The molecule has 2 aromatic heterocycles. The Morgan fingerprint density at radius 2 is 1.90 bits per heavy atom. The standard InChI is InChI=1S/C21H17ClN4O2S/c1-11-9-13(19(23)27)7-8-16(11)24-20(28)18-10-14-12(2)25-26(21(14)29-18)17-6-4-3-5-15(17)22/h3-10H,1-2H3,(H2,23,27)(H,24,28). The number of fused-ring (bicyclic) bond motifs is 1. The summed E-state index contributed by atoms with van der Waals surface area (Å²) < 4.78 is 1.77. The first-order chi connectivity index (χ1) is 13.8. The van der Waals surface area contributed by atoms with Gasteiger partial charge in [0.1, 0.15) is 4.83 Å². The van der Waals surface area contributed by atoms with Crippen LogP contribution in [0.2, 0.25) is 5.02 Å². The van der Waals surface area contributed by atoms with E-state index >= 15 is 0 Å². The Morgan fingerprint density at radius 1 is 1.14 bits per heavy atom. The van der Waals surface area contributed by atoms with Gasteiger partial charge in [-0.05, 0) is 55.8 Å². The maximum atomic E-state index is 12.8. The minimum Gasteiger partial charge on any atom is -0.366 e. The summed E-state index contributed by atoms with van der Waals surface area (Å²) in [6.07, 6.45) is 0. The quantitative estimate of drug-likeness (QED) is 0.497. The van der Waals surface area contributed by atoms with Gasteiger partial charge in [-0.2, -0.15) is 5.10 Å². The fraction of sp³-hybridized carbons (Fsp3) is 0.0952. The number of nitrogens with two attached hydrogens (primary N) is 1. The first-order valence-corrected chi connectivity index (χ1v) is 10.0. The van der Waals surface area contributed by atoms with Crippen molar-refractivity contribution in [2.24, 2.45) is 5.73 Å². The lowest BCUT2D eigenvalue weighted by Gasteiger charge is -2.08. The van der Waals surface area contributed by atoms with Crippen LogP contribution in [0.3, 0.4) is 0 Å². The molecule has 0 unspecified atom stereocenters. The van der Waals surface area contributed by atoms with Crippen molar-refractivity contribution in [2.75, 3.05) is 5.32 Å². The van der Waals surface area contributed by atoms with Gasteiger partial charge in [-0.15, -0.1) is 11.3 Å². The van der Waals surface area contributed by atoms with Crippen LogP contribution < -0.4 is 11.1 Å². The van der Waals surface area contributed by atoms with E-state index < -0.39 is 5.91 Å². The molecule has 146 valence electrons. The second-order valence-corrected chi connectivity index (χ2v) is 8.06. The third-order valence-corrected chi connectivity index (χ3v) is 6.04. The summed E-state index contributed by atoms with van der Waals surface area (Å²) in [5.74, 6) is -0.735.